The van der Waals surface area contributed by atoms with Crippen LogP contribution in [0.5, 0.6) is 5.75 Å². The minimum Gasteiger partial charge on any atom is -0.497 e. The second kappa shape index (κ2) is 5.58. The van der Waals surface area contributed by atoms with E-state index >= 15 is 0 Å². The van der Waals surface area contributed by atoms with Crippen LogP contribution in [0.1, 0.15) is 32.1 Å². The molecule has 0 atom stereocenters. The summed E-state index contributed by atoms with van der Waals surface area (Å²) in [5.74, 6) is 0.904. The molecule has 0 aliphatic heterocycles. The molecule has 1 saturated carbocycles. The second-order valence-corrected chi connectivity index (χ2v) is 5.18. The van der Waals surface area contributed by atoms with Gasteiger partial charge in [0.2, 0.25) is 0 Å². The van der Waals surface area contributed by atoms with E-state index < -0.39 is 0 Å². The zero-order valence-electron chi connectivity index (χ0n) is 9.63. The number of nitrogens with one attached hydrogen (secondary N) is 1. The van der Waals surface area contributed by atoms with Gasteiger partial charge in [-0.25, -0.2) is 0 Å². The SMILES string of the molecule is COc1ccc(Br)c(NC2CCCCC2)c1. The van der Waals surface area contributed by atoms with E-state index in [0.29, 0.717) is 6.04 Å². The molecule has 0 spiro atoms. The van der Waals surface area contributed by atoms with Gasteiger partial charge in [0.25, 0.3) is 0 Å². The Hall–Kier alpha value is -0.700. The third kappa shape index (κ3) is 2.91. The molecule has 1 aliphatic rings. The molecule has 2 rings (SSSR count). The van der Waals surface area contributed by atoms with Crippen LogP contribution in [0.2, 0.25) is 0 Å². The highest BCUT2D eigenvalue weighted by molar-refractivity contribution is 9.10. The van der Waals surface area contributed by atoms with Gasteiger partial charge in [-0.1, -0.05) is 19.3 Å². The van der Waals surface area contributed by atoms with Gasteiger partial charge in [-0.15, -0.1) is 0 Å². The van der Waals surface area contributed by atoms with Gasteiger partial charge in [0.05, 0.1) is 12.8 Å². The third-order valence-electron chi connectivity index (χ3n) is 3.14. The van der Waals surface area contributed by atoms with Crippen LogP contribution in [0, 0.1) is 0 Å². The Morgan fingerprint density at radius 3 is 2.69 bits per heavy atom. The summed E-state index contributed by atoms with van der Waals surface area (Å²) in [5.41, 5.74) is 1.14. The number of benzene rings is 1. The fourth-order valence-electron chi connectivity index (χ4n) is 2.21. The maximum atomic E-state index is 5.24. The topological polar surface area (TPSA) is 21.3 Å². The van der Waals surface area contributed by atoms with Crippen LogP contribution in [-0.2, 0) is 0 Å². The van der Waals surface area contributed by atoms with E-state index in [0.717, 1.165) is 15.9 Å². The minimum absolute atomic E-state index is 0.622. The summed E-state index contributed by atoms with van der Waals surface area (Å²) in [6.07, 6.45) is 6.64. The lowest BCUT2D eigenvalue weighted by Gasteiger charge is -2.24. The molecule has 1 aliphatic carbocycles. The van der Waals surface area contributed by atoms with Gasteiger partial charge >= 0.3 is 0 Å². The van der Waals surface area contributed by atoms with Crippen molar-refractivity contribution in [2.24, 2.45) is 0 Å². The summed E-state index contributed by atoms with van der Waals surface area (Å²) in [7, 11) is 1.70. The lowest BCUT2D eigenvalue weighted by atomic mass is 9.95. The predicted molar refractivity (Wildman–Crippen MR) is 71.2 cm³/mol. The Morgan fingerprint density at radius 1 is 1.25 bits per heavy atom. The molecule has 0 aromatic heterocycles. The summed E-state index contributed by atoms with van der Waals surface area (Å²) >= 11 is 3.57. The van der Waals surface area contributed by atoms with Crippen molar-refractivity contribution in [2.45, 2.75) is 38.1 Å². The number of halogens is 1. The van der Waals surface area contributed by atoms with Crippen molar-refractivity contribution in [3.8, 4) is 5.75 Å². The molecule has 1 aromatic rings. The molecule has 88 valence electrons. The van der Waals surface area contributed by atoms with Crippen LogP contribution in [0.3, 0.4) is 0 Å². The first-order chi connectivity index (χ1) is 7.79. The minimum atomic E-state index is 0.622. The zero-order chi connectivity index (χ0) is 11.4. The highest BCUT2D eigenvalue weighted by Gasteiger charge is 2.14. The lowest BCUT2D eigenvalue weighted by molar-refractivity contribution is 0.414. The lowest BCUT2D eigenvalue weighted by Crippen LogP contribution is -2.22. The van der Waals surface area contributed by atoms with Crippen molar-refractivity contribution in [3.63, 3.8) is 0 Å². The molecule has 1 N–H and O–H groups in total. The smallest absolute Gasteiger partial charge is 0.121 e. The van der Waals surface area contributed by atoms with E-state index in [4.69, 9.17) is 4.74 Å². The van der Waals surface area contributed by atoms with Gasteiger partial charge in [-0.2, -0.15) is 0 Å². The monoisotopic (exact) mass is 283 g/mol. The fraction of sp³-hybridized carbons (Fsp3) is 0.538. The molecule has 3 heteroatoms. The van der Waals surface area contributed by atoms with Crippen LogP contribution < -0.4 is 10.1 Å². The standard InChI is InChI=1S/C13H18BrNO/c1-16-11-7-8-12(14)13(9-11)15-10-5-3-2-4-6-10/h7-10,15H,2-6H2,1H3. The quantitative estimate of drug-likeness (QED) is 0.898. The van der Waals surface area contributed by atoms with Crippen molar-refractivity contribution < 1.29 is 4.74 Å². The van der Waals surface area contributed by atoms with Crippen molar-refractivity contribution in [1.82, 2.24) is 0 Å². The predicted octanol–water partition coefficient (Wildman–Crippen LogP) is 4.20. The van der Waals surface area contributed by atoms with Crippen LogP contribution in [0.4, 0.5) is 5.69 Å². The first kappa shape index (κ1) is 11.8. The molecular weight excluding hydrogens is 266 g/mol. The molecule has 0 heterocycles. The number of anilines is 1. The van der Waals surface area contributed by atoms with Gasteiger partial charge in [0, 0.05) is 16.6 Å². The summed E-state index contributed by atoms with van der Waals surface area (Å²) in [4.78, 5) is 0. The Labute approximate surface area is 106 Å². The molecular formula is C13H18BrNO. The maximum absolute atomic E-state index is 5.24. The van der Waals surface area contributed by atoms with E-state index in [1.54, 1.807) is 7.11 Å². The van der Waals surface area contributed by atoms with Crippen LogP contribution >= 0.6 is 15.9 Å². The average molecular weight is 284 g/mol. The second-order valence-electron chi connectivity index (χ2n) is 4.33. The van der Waals surface area contributed by atoms with Gasteiger partial charge in [0.1, 0.15) is 5.75 Å². The summed E-state index contributed by atoms with van der Waals surface area (Å²) in [5, 5.41) is 3.60. The number of ether oxygens (including phenoxy) is 1. The van der Waals surface area contributed by atoms with E-state index in [-0.39, 0.29) is 0 Å². The highest BCUT2D eigenvalue weighted by atomic mass is 79.9. The highest BCUT2D eigenvalue weighted by Crippen LogP contribution is 2.30. The molecule has 1 fully saturated rings. The Morgan fingerprint density at radius 2 is 2.00 bits per heavy atom. The van der Waals surface area contributed by atoms with E-state index in [1.165, 1.54) is 32.1 Å². The van der Waals surface area contributed by atoms with E-state index in [9.17, 15) is 0 Å². The van der Waals surface area contributed by atoms with Gasteiger partial charge in [-0.3, -0.25) is 0 Å². The molecule has 0 radical (unpaired) electrons. The van der Waals surface area contributed by atoms with Crippen molar-refractivity contribution in [2.75, 3.05) is 12.4 Å². The summed E-state index contributed by atoms with van der Waals surface area (Å²) in [6, 6.07) is 6.68. The van der Waals surface area contributed by atoms with Crippen LogP contribution in [0.25, 0.3) is 0 Å². The van der Waals surface area contributed by atoms with Gasteiger partial charge in [0.15, 0.2) is 0 Å². The average Bonchev–Trinajstić information content (AvgIpc) is 2.33. The molecule has 2 nitrogen and oxygen atoms in total. The van der Waals surface area contributed by atoms with Crippen LogP contribution in [0.15, 0.2) is 22.7 Å². The molecule has 0 bridgehead atoms. The molecule has 0 unspecified atom stereocenters. The Bertz CT molecular complexity index is 348. The first-order valence-electron chi connectivity index (χ1n) is 5.89. The van der Waals surface area contributed by atoms with E-state index in [1.807, 2.05) is 12.1 Å². The number of hydrogen-bond acceptors (Lipinski definition) is 2. The van der Waals surface area contributed by atoms with Gasteiger partial charge < -0.3 is 10.1 Å². The zero-order valence-corrected chi connectivity index (χ0v) is 11.2. The maximum Gasteiger partial charge on any atom is 0.121 e. The normalized spacial score (nSPS) is 17.1. The number of hydrogen-bond donors (Lipinski definition) is 1. The molecule has 1 aromatic carbocycles. The van der Waals surface area contributed by atoms with Crippen LogP contribution in [-0.4, -0.2) is 13.2 Å². The van der Waals surface area contributed by atoms with Crippen molar-refractivity contribution >= 4 is 21.6 Å². The summed E-state index contributed by atoms with van der Waals surface area (Å²) in [6.45, 7) is 0. The van der Waals surface area contributed by atoms with Gasteiger partial charge in [-0.05, 0) is 40.9 Å². The Balaban J connectivity index is 2.06. The first-order valence-corrected chi connectivity index (χ1v) is 6.69. The fourth-order valence-corrected chi connectivity index (χ4v) is 2.57. The largest absolute Gasteiger partial charge is 0.497 e. The Kier molecular flexibility index (Phi) is 4.10. The number of methoxy groups -OCH3 is 1. The molecule has 16 heavy (non-hydrogen) atoms. The summed E-state index contributed by atoms with van der Waals surface area (Å²) < 4.78 is 6.35. The molecule has 0 saturated heterocycles. The van der Waals surface area contributed by atoms with Crippen molar-refractivity contribution in [1.29, 1.82) is 0 Å². The van der Waals surface area contributed by atoms with E-state index in [2.05, 4.69) is 27.3 Å². The third-order valence-corrected chi connectivity index (χ3v) is 3.83. The van der Waals surface area contributed by atoms with Crippen molar-refractivity contribution in [3.05, 3.63) is 22.7 Å². The number of rotatable bonds is 3. The molecule has 0 amide bonds.